The number of hydrazone groups is 1. The Morgan fingerprint density at radius 3 is 2.16 bits per heavy atom. The molecule has 0 aliphatic rings. The summed E-state index contributed by atoms with van der Waals surface area (Å²) in [6.07, 6.45) is 1.88. The molecule has 0 unspecified atom stereocenters. The number of nitrogens with two attached hydrogens (primary N) is 2. The van der Waals surface area contributed by atoms with Gasteiger partial charge in [-0.05, 0) is 66.2 Å². The number of hydrogen-bond donors (Lipinski definition) is 2. The van der Waals surface area contributed by atoms with Gasteiger partial charge in [-0.3, -0.25) is 0 Å². The molecule has 5 heteroatoms. The Labute approximate surface area is 180 Å². The van der Waals surface area contributed by atoms with Gasteiger partial charge in [-0.25, -0.2) is 5.01 Å². The highest BCUT2D eigenvalue weighted by Gasteiger charge is 2.10. The number of nitrogens with zero attached hydrogens (tertiary/aromatic N) is 3. The Hall–Kier alpha value is -4.25. The summed E-state index contributed by atoms with van der Waals surface area (Å²) in [5.74, 6) is 0. The molecule has 0 radical (unpaired) electrons. The van der Waals surface area contributed by atoms with Crippen molar-refractivity contribution in [1.29, 1.82) is 0 Å². The van der Waals surface area contributed by atoms with Crippen molar-refractivity contribution in [1.82, 2.24) is 4.57 Å². The van der Waals surface area contributed by atoms with Crippen molar-refractivity contribution in [3.8, 4) is 0 Å². The first-order chi connectivity index (χ1) is 15.1. The van der Waals surface area contributed by atoms with Crippen LogP contribution in [0.4, 0.5) is 22.7 Å². The summed E-state index contributed by atoms with van der Waals surface area (Å²) in [6, 6.07) is 30.1. The van der Waals surface area contributed by atoms with E-state index in [4.69, 9.17) is 16.6 Å². The maximum absolute atomic E-state index is 6.05. The summed E-state index contributed by atoms with van der Waals surface area (Å²) in [6.45, 7) is 0. The molecule has 0 saturated heterocycles. The maximum atomic E-state index is 6.05. The number of fused-ring (bicyclic) bond motifs is 3. The lowest BCUT2D eigenvalue weighted by molar-refractivity contribution is 1.01. The minimum Gasteiger partial charge on any atom is -0.399 e. The zero-order valence-electron chi connectivity index (χ0n) is 17.2. The third-order valence-electron chi connectivity index (χ3n) is 5.49. The van der Waals surface area contributed by atoms with Gasteiger partial charge in [0.05, 0.1) is 17.6 Å². The molecular formula is C26H23N5. The number of hydrogen-bond acceptors (Lipinski definition) is 4. The number of benzene rings is 4. The highest BCUT2D eigenvalue weighted by molar-refractivity contribution is 6.10. The number of aromatic nitrogens is 1. The average molecular weight is 406 g/mol. The van der Waals surface area contributed by atoms with Crippen LogP contribution in [-0.4, -0.2) is 10.8 Å². The first kappa shape index (κ1) is 18.8. The zero-order chi connectivity index (χ0) is 21.4. The molecule has 5 nitrogen and oxygen atoms in total. The molecule has 0 aliphatic heterocycles. The summed E-state index contributed by atoms with van der Waals surface area (Å²) >= 11 is 0. The Bertz CT molecular complexity index is 1420. The van der Waals surface area contributed by atoms with Crippen molar-refractivity contribution in [2.45, 2.75) is 0 Å². The van der Waals surface area contributed by atoms with Crippen LogP contribution in [0.25, 0.3) is 21.8 Å². The van der Waals surface area contributed by atoms with Crippen molar-refractivity contribution < 1.29 is 0 Å². The second-order valence-corrected chi connectivity index (χ2v) is 7.60. The molecular weight excluding hydrogens is 382 g/mol. The predicted molar refractivity (Wildman–Crippen MR) is 132 cm³/mol. The normalized spacial score (nSPS) is 11.5. The van der Waals surface area contributed by atoms with Crippen molar-refractivity contribution in [2.24, 2.45) is 12.1 Å². The summed E-state index contributed by atoms with van der Waals surface area (Å²) in [5, 5.41) is 9.00. The van der Waals surface area contributed by atoms with E-state index < -0.39 is 0 Å². The van der Waals surface area contributed by atoms with Crippen molar-refractivity contribution >= 4 is 50.8 Å². The Morgan fingerprint density at radius 2 is 1.39 bits per heavy atom. The van der Waals surface area contributed by atoms with Crippen molar-refractivity contribution in [3.05, 3.63) is 96.6 Å². The van der Waals surface area contributed by atoms with Crippen LogP contribution in [0.15, 0.2) is 96.1 Å². The average Bonchev–Trinajstić information content (AvgIpc) is 3.06. The molecule has 0 amide bonds. The third kappa shape index (κ3) is 3.46. The number of anilines is 4. The monoisotopic (exact) mass is 405 g/mol. The van der Waals surface area contributed by atoms with Gasteiger partial charge in [0.1, 0.15) is 0 Å². The maximum Gasteiger partial charge on any atom is 0.0673 e. The molecule has 1 heterocycles. The Morgan fingerprint density at radius 1 is 0.710 bits per heavy atom. The van der Waals surface area contributed by atoms with Gasteiger partial charge in [-0.15, -0.1) is 0 Å². The van der Waals surface area contributed by atoms with Gasteiger partial charge < -0.3 is 16.0 Å². The van der Waals surface area contributed by atoms with Crippen LogP contribution in [0.1, 0.15) is 5.56 Å². The lowest BCUT2D eigenvalue weighted by Crippen LogP contribution is -2.09. The molecule has 0 bridgehead atoms. The number of para-hydroxylation sites is 1. The molecule has 4 N–H and O–H groups in total. The van der Waals surface area contributed by atoms with Crippen LogP contribution in [0.5, 0.6) is 0 Å². The highest BCUT2D eigenvalue weighted by atomic mass is 15.5. The lowest BCUT2D eigenvalue weighted by atomic mass is 10.1. The second-order valence-electron chi connectivity index (χ2n) is 7.60. The van der Waals surface area contributed by atoms with Crippen LogP contribution in [-0.2, 0) is 7.05 Å². The van der Waals surface area contributed by atoms with Crippen LogP contribution < -0.4 is 16.5 Å². The first-order valence-corrected chi connectivity index (χ1v) is 10.1. The van der Waals surface area contributed by atoms with Gasteiger partial charge in [0.15, 0.2) is 0 Å². The van der Waals surface area contributed by atoms with E-state index in [-0.39, 0.29) is 0 Å². The van der Waals surface area contributed by atoms with Gasteiger partial charge in [-0.1, -0.05) is 30.3 Å². The van der Waals surface area contributed by atoms with E-state index in [1.54, 1.807) is 0 Å². The van der Waals surface area contributed by atoms with E-state index in [1.165, 1.54) is 0 Å². The SMILES string of the molecule is Cn1c2ccc(N)cc2c2cc(/C=N/N(c3ccccc3)c3cccc(N)c3)ccc21. The van der Waals surface area contributed by atoms with E-state index in [0.29, 0.717) is 5.69 Å². The molecule has 152 valence electrons. The zero-order valence-corrected chi connectivity index (χ0v) is 17.2. The molecule has 0 aliphatic carbocycles. The van der Waals surface area contributed by atoms with E-state index in [0.717, 1.165) is 44.4 Å². The summed E-state index contributed by atoms with van der Waals surface area (Å²) in [4.78, 5) is 0. The molecule has 0 spiro atoms. The highest BCUT2D eigenvalue weighted by Crippen LogP contribution is 2.31. The van der Waals surface area contributed by atoms with Gasteiger partial charge in [-0.2, -0.15) is 5.10 Å². The molecule has 0 fully saturated rings. The molecule has 31 heavy (non-hydrogen) atoms. The Balaban J connectivity index is 1.60. The number of aryl methyl sites for hydroxylation is 1. The van der Waals surface area contributed by atoms with Crippen LogP contribution in [0.3, 0.4) is 0 Å². The van der Waals surface area contributed by atoms with Gasteiger partial charge in [0.25, 0.3) is 0 Å². The molecule has 1 aromatic heterocycles. The fourth-order valence-electron chi connectivity index (χ4n) is 3.97. The van der Waals surface area contributed by atoms with Crippen LogP contribution in [0, 0.1) is 0 Å². The fraction of sp³-hybridized carbons (Fsp3) is 0.0385. The first-order valence-electron chi connectivity index (χ1n) is 10.1. The Kier molecular flexibility index (Phi) is 4.56. The number of rotatable bonds is 4. The number of nitrogen functional groups attached to an aromatic ring is 2. The second kappa shape index (κ2) is 7.54. The standard InChI is InChI=1S/C26H23N5/c1-30-25-12-10-18(14-23(25)24-16-20(28)11-13-26(24)30)17-29-31(21-7-3-2-4-8-21)22-9-5-6-19(27)15-22/h2-17H,27-28H2,1H3/b29-17+. The van der Waals surface area contributed by atoms with Gasteiger partial charge >= 0.3 is 0 Å². The van der Waals surface area contributed by atoms with E-state index in [2.05, 4.69) is 35.9 Å². The molecule has 5 rings (SSSR count). The van der Waals surface area contributed by atoms with E-state index in [1.807, 2.05) is 78.0 Å². The summed E-state index contributed by atoms with van der Waals surface area (Å²) in [7, 11) is 2.07. The minimum atomic E-state index is 0.698. The van der Waals surface area contributed by atoms with Crippen molar-refractivity contribution in [2.75, 3.05) is 16.5 Å². The molecule has 4 aromatic carbocycles. The predicted octanol–water partition coefficient (Wildman–Crippen LogP) is 5.67. The smallest absolute Gasteiger partial charge is 0.0673 e. The lowest BCUT2D eigenvalue weighted by Gasteiger charge is -2.19. The van der Waals surface area contributed by atoms with Gasteiger partial charge in [0.2, 0.25) is 0 Å². The molecule has 0 atom stereocenters. The fourth-order valence-corrected chi connectivity index (χ4v) is 3.97. The molecule has 5 aromatic rings. The summed E-state index contributed by atoms with van der Waals surface area (Å²) in [5.41, 5.74) is 18.7. The third-order valence-corrected chi connectivity index (χ3v) is 5.49. The van der Waals surface area contributed by atoms with E-state index in [9.17, 15) is 0 Å². The van der Waals surface area contributed by atoms with Crippen LogP contribution in [0.2, 0.25) is 0 Å². The largest absolute Gasteiger partial charge is 0.399 e. The van der Waals surface area contributed by atoms with Crippen LogP contribution >= 0.6 is 0 Å². The van der Waals surface area contributed by atoms with Gasteiger partial charge in [0, 0.05) is 40.2 Å². The topological polar surface area (TPSA) is 72.6 Å². The minimum absolute atomic E-state index is 0.698. The molecule has 0 saturated carbocycles. The summed E-state index contributed by atoms with van der Waals surface area (Å²) < 4.78 is 2.19. The van der Waals surface area contributed by atoms with E-state index >= 15 is 0 Å². The quantitative estimate of drug-likeness (QED) is 0.230. The van der Waals surface area contributed by atoms with Crippen molar-refractivity contribution in [3.63, 3.8) is 0 Å².